The number of sulfonamides is 1. The monoisotopic (exact) mass is 326 g/mol. The number of aryl methyl sites for hydroxylation is 1. The fourth-order valence-corrected chi connectivity index (χ4v) is 3.51. The molecular formula is C14H15ClN2O3S. The number of pyridine rings is 1. The van der Waals surface area contributed by atoms with E-state index in [1.54, 1.807) is 37.4 Å². The normalized spacial score (nSPS) is 11.4. The van der Waals surface area contributed by atoms with Crippen LogP contribution < -0.4 is 9.46 Å². The molecule has 1 heterocycles. The molecular weight excluding hydrogens is 312 g/mol. The fraction of sp³-hybridized carbons (Fsp3) is 0.214. The largest absolute Gasteiger partial charge is 0.495 e. The smallest absolute Gasteiger partial charge is 0.244 e. The van der Waals surface area contributed by atoms with Crippen molar-refractivity contribution in [1.29, 1.82) is 0 Å². The van der Waals surface area contributed by atoms with Gasteiger partial charge in [-0.25, -0.2) is 13.1 Å². The summed E-state index contributed by atoms with van der Waals surface area (Å²) in [5.41, 5.74) is 1.28. The summed E-state index contributed by atoms with van der Waals surface area (Å²) in [7, 11) is -2.32. The van der Waals surface area contributed by atoms with E-state index < -0.39 is 10.0 Å². The van der Waals surface area contributed by atoms with Crippen LogP contribution in [0.1, 0.15) is 11.3 Å². The Kier molecular flexibility index (Phi) is 4.82. The van der Waals surface area contributed by atoms with Gasteiger partial charge >= 0.3 is 0 Å². The molecule has 0 spiro atoms. The molecule has 1 aromatic carbocycles. The molecule has 0 aliphatic heterocycles. The number of hydrogen-bond donors (Lipinski definition) is 1. The molecule has 0 aliphatic rings. The third-order valence-corrected chi connectivity index (χ3v) is 4.49. The van der Waals surface area contributed by atoms with Crippen molar-refractivity contribution >= 4 is 21.6 Å². The Hall–Kier alpha value is -1.63. The maximum atomic E-state index is 12.4. The summed E-state index contributed by atoms with van der Waals surface area (Å²) >= 11 is 5.94. The van der Waals surface area contributed by atoms with Gasteiger partial charge in [-0.05, 0) is 36.8 Å². The maximum absolute atomic E-state index is 12.4. The van der Waals surface area contributed by atoms with Crippen LogP contribution >= 0.6 is 11.6 Å². The summed E-state index contributed by atoms with van der Waals surface area (Å²) in [4.78, 5) is 4.09. The van der Waals surface area contributed by atoms with E-state index in [0.29, 0.717) is 16.3 Å². The van der Waals surface area contributed by atoms with Crippen LogP contribution in [0.15, 0.2) is 41.4 Å². The minimum atomic E-state index is -3.75. The van der Waals surface area contributed by atoms with Gasteiger partial charge in [-0.3, -0.25) is 4.98 Å². The Morgan fingerprint density at radius 3 is 2.71 bits per heavy atom. The predicted molar refractivity (Wildman–Crippen MR) is 81.0 cm³/mol. The fourth-order valence-electron chi connectivity index (χ4n) is 1.91. The van der Waals surface area contributed by atoms with Crippen LogP contribution in [0, 0.1) is 6.92 Å². The Balaban J connectivity index is 2.32. The maximum Gasteiger partial charge on any atom is 0.244 e. The molecule has 0 amide bonds. The van der Waals surface area contributed by atoms with Crippen LogP contribution in [0.2, 0.25) is 5.02 Å². The first-order chi connectivity index (χ1) is 9.94. The van der Waals surface area contributed by atoms with Gasteiger partial charge in [0, 0.05) is 11.2 Å². The summed E-state index contributed by atoms with van der Waals surface area (Å²) in [5, 5.41) is 0.339. The SMILES string of the molecule is COc1c(C)cc(Cl)cc1S(=O)(=O)NCc1ccccn1. The first kappa shape index (κ1) is 15.8. The van der Waals surface area contributed by atoms with Crippen molar-refractivity contribution in [3.8, 4) is 5.75 Å². The number of aromatic nitrogens is 1. The van der Waals surface area contributed by atoms with E-state index >= 15 is 0 Å². The molecule has 2 rings (SSSR count). The Labute approximate surface area is 129 Å². The molecule has 21 heavy (non-hydrogen) atoms. The molecule has 2 aromatic rings. The molecule has 1 N–H and O–H groups in total. The zero-order valence-corrected chi connectivity index (χ0v) is 13.2. The van der Waals surface area contributed by atoms with E-state index in [2.05, 4.69) is 9.71 Å². The van der Waals surface area contributed by atoms with Crippen LogP contribution in [0.4, 0.5) is 0 Å². The van der Waals surface area contributed by atoms with Gasteiger partial charge in [0.05, 0.1) is 19.3 Å². The highest BCUT2D eigenvalue weighted by Crippen LogP contribution is 2.31. The number of ether oxygens (including phenoxy) is 1. The molecule has 0 radical (unpaired) electrons. The van der Waals surface area contributed by atoms with Crippen molar-refractivity contribution in [3.63, 3.8) is 0 Å². The summed E-state index contributed by atoms with van der Waals surface area (Å²) in [6.07, 6.45) is 1.60. The van der Waals surface area contributed by atoms with E-state index in [9.17, 15) is 8.42 Å². The highest BCUT2D eigenvalue weighted by Gasteiger charge is 2.21. The third-order valence-electron chi connectivity index (χ3n) is 2.87. The van der Waals surface area contributed by atoms with Crippen molar-refractivity contribution in [3.05, 3.63) is 52.8 Å². The Morgan fingerprint density at radius 1 is 1.33 bits per heavy atom. The minimum Gasteiger partial charge on any atom is -0.495 e. The Morgan fingerprint density at radius 2 is 2.10 bits per heavy atom. The van der Waals surface area contributed by atoms with Crippen LogP contribution in [0.5, 0.6) is 5.75 Å². The average Bonchev–Trinajstić information content (AvgIpc) is 2.46. The molecule has 0 aliphatic carbocycles. The lowest BCUT2D eigenvalue weighted by molar-refractivity contribution is 0.399. The minimum absolute atomic E-state index is 0.0194. The van der Waals surface area contributed by atoms with E-state index in [0.717, 1.165) is 0 Å². The lowest BCUT2D eigenvalue weighted by Crippen LogP contribution is -2.24. The van der Waals surface area contributed by atoms with E-state index in [4.69, 9.17) is 16.3 Å². The standard InChI is InChI=1S/C14H15ClN2O3S/c1-10-7-11(15)8-13(14(10)20-2)21(18,19)17-9-12-5-3-4-6-16-12/h3-8,17H,9H2,1-2H3. The highest BCUT2D eigenvalue weighted by atomic mass is 35.5. The lowest BCUT2D eigenvalue weighted by Gasteiger charge is -2.13. The Bertz CT molecular complexity index is 733. The average molecular weight is 327 g/mol. The number of methoxy groups -OCH3 is 1. The lowest BCUT2D eigenvalue weighted by atomic mass is 10.2. The first-order valence-corrected chi connectivity index (χ1v) is 8.04. The quantitative estimate of drug-likeness (QED) is 0.916. The number of halogens is 1. The van der Waals surface area contributed by atoms with Gasteiger partial charge in [0.1, 0.15) is 10.6 Å². The summed E-state index contributed by atoms with van der Waals surface area (Å²) < 4.78 is 32.5. The summed E-state index contributed by atoms with van der Waals surface area (Å²) in [6, 6.07) is 8.32. The van der Waals surface area contributed by atoms with Gasteiger partial charge in [-0.2, -0.15) is 0 Å². The highest BCUT2D eigenvalue weighted by molar-refractivity contribution is 7.89. The molecule has 7 heteroatoms. The van der Waals surface area contributed by atoms with Crippen LogP contribution in [-0.4, -0.2) is 20.5 Å². The van der Waals surface area contributed by atoms with E-state index in [1.807, 2.05) is 0 Å². The molecule has 1 aromatic heterocycles. The van der Waals surface area contributed by atoms with Crippen molar-refractivity contribution in [2.45, 2.75) is 18.4 Å². The van der Waals surface area contributed by atoms with Gasteiger partial charge in [-0.15, -0.1) is 0 Å². The van der Waals surface area contributed by atoms with E-state index in [-0.39, 0.29) is 17.2 Å². The van der Waals surface area contributed by atoms with Crippen LogP contribution in [0.3, 0.4) is 0 Å². The predicted octanol–water partition coefficient (Wildman–Crippen LogP) is 2.53. The van der Waals surface area contributed by atoms with Crippen LogP contribution in [0.25, 0.3) is 0 Å². The van der Waals surface area contributed by atoms with Crippen molar-refractivity contribution < 1.29 is 13.2 Å². The number of benzene rings is 1. The zero-order chi connectivity index (χ0) is 15.5. The molecule has 0 atom stereocenters. The van der Waals surface area contributed by atoms with Gasteiger partial charge in [0.25, 0.3) is 0 Å². The molecule has 5 nitrogen and oxygen atoms in total. The van der Waals surface area contributed by atoms with Crippen molar-refractivity contribution in [2.75, 3.05) is 7.11 Å². The molecule has 0 bridgehead atoms. The topological polar surface area (TPSA) is 68.3 Å². The van der Waals surface area contributed by atoms with Crippen LogP contribution in [-0.2, 0) is 16.6 Å². The summed E-state index contributed by atoms with van der Waals surface area (Å²) in [6.45, 7) is 1.83. The molecule has 0 saturated heterocycles. The second-order valence-electron chi connectivity index (χ2n) is 4.40. The number of nitrogens with zero attached hydrogens (tertiary/aromatic N) is 1. The first-order valence-electron chi connectivity index (χ1n) is 6.18. The second kappa shape index (κ2) is 6.43. The molecule has 0 unspecified atom stereocenters. The second-order valence-corrected chi connectivity index (χ2v) is 6.57. The number of rotatable bonds is 5. The molecule has 0 fully saturated rings. The van der Waals surface area contributed by atoms with E-state index in [1.165, 1.54) is 13.2 Å². The molecule has 0 saturated carbocycles. The number of hydrogen-bond acceptors (Lipinski definition) is 4. The van der Waals surface area contributed by atoms with Crippen molar-refractivity contribution in [1.82, 2.24) is 9.71 Å². The van der Waals surface area contributed by atoms with Gasteiger partial charge < -0.3 is 4.74 Å². The summed E-state index contributed by atoms with van der Waals surface area (Å²) in [5.74, 6) is 0.285. The molecule has 112 valence electrons. The van der Waals surface area contributed by atoms with Gasteiger partial charge in [0.15, 0.2) is 0 Å². The zero-order valence-electron chi connectivity index (χ0n) is 11.6. The third kappa shape index (κ3) is 3.72. The van der Waals surface area contributed by atoms with Gasteiger partial charge in [0.2, 0.25) is 10.0 Å². The van der Waals surface area contributed by atoms with Gasteiger partial charge in [-0.1, -0.05) is 17.7 Å². The van der Waals surface area contributed by atoms with Crippen molar-refractivity contribution in [2.24, 2.45) is 0 Å². The number of nitrogens with one attached hydrogen (secondary N) is 1.